The highest BCUT2D eigenvalue weighted by Gasteiger charge is 2.30. The van der Waals surface area contributed by atoms with Gasteiger partial charge in [0.1, 0.15) is 11.9 Å². The van der Waals surface area contributed by atoms with Gasteiger partial charge in [0.05, 0.1) is 11.4 Å². The summed E-state index contributed by atoms with van der Waals surface area (Å²) < 4.78 is 0. The zero-order valence-corrected chi connectivity index (χ0v) is 22.8. The van der Waals surface area contributed by atoms with Crippen molar-refractivity contribution in [1.29, 1.82) is 0 Å². The standard InChI is InChI=1S/C27H38N8O3/c1-6-20-23(19-9-10-19)33-26(24(31-20)25(28)37)32-21-16-18(11-13-29-21)12-14-30-27(38)17(2)35(5)22(36)8-7-15-34(3)4/h7-8,11,13,16-17,19H,6,9-10,12,14-15H2,1-5H3,(H2,28,37)(H,30,38)(H,29,32,33)/b8-7+. The Morgan fingerprint density at radius 1 is 1.21 bits per heavy atom. The maximum Gasteiger partial charge on any atom is 0.271 e. The van der Waals surface area contributed by atoms with Crippen LogP contribution in [0.2, 0.25) is 0 Å². The lowest BCUT2D eigenvalue weighted by Crippen LogP contribution is -2.45. The molecule has 11 nitrogen and oxygen atoms in total. The number of anilines is 2. The third-order valence-corrected chi connectivity index (χ3v) is 6.35. The molecule has 1 aliphatic rings. The van der Waals surface area contributed by atoms with Gasteiger partial charge in [-0.3, -0.25) is 14.4 Å². The van der Waals surface area contributed by atoms with Gasteiger partial charge in [-0.1, -0.05) is 13.0 Å². The van der Waals surface area contributed by atoms with E-state index in [-0.39, 0.29) is 17.5 Å². The van der Waals surface area contributed by atoms with Gasteiger partial charge in [-0.05, 0) is 64.4 Å². The van der Waals surface area contributed by atoms with Crippen molar-refractivity contribution >= 4 is 29.4 Å². The van der Waals surface area contributed by atoms with Crippen LogP contribution in [-0.2, 0) is 22.4 Å². The number of nitrogens with zero attached hydrogens (tertiary/aromatic N) is 5. The smallest absolute Gasteiger partial charge is 0.271 e. The first-order valence-corrected chi connectivity index (χ1v) is 12.9. The van der Waals surface area contributed by atoms with E-state index in [1.165, 1.54) is 11.0 Å². The SMILES string of the molecule is CCc1nc(C(N)=O)c(Nc2cc(CCNC(=O)C(C)N(C)C(=O)/C=C/CN(C)C)ccn2)nc1C1CC1. The van der Waals surface area contributed by atoms with Crippen LogP contribution in [-0.4, -0.2) is 82.7 Å². The molecule has 0 bridgehead atoms. The van der Waals surface area contributed by atoms with E-state index in [9.17, 15) is 14.4 Å². The van der Waals surface area contributed by atoms with Crippen LogP contribution >= 0.6 is 0 Å². The first-order valence-electron chi connectivity index (χ1n) is 12.9. The molecule has 1 unspecified atom stereocenters. The number of nitrogens with two attached hydrogens (primary N) is 1. The third kappa shape index (κ3) is 7.82. The van der Waals surface area contributed by atoms with Gasteiger partial charge in [-0.15, -0.1) is 0 Å². The first kappa shape index (κ1) is 28.7. The van der Waals surface area contributed by atoms with E-state index in [1.54, 1.807) is 26.2 Å². The van der Waals surface area contributed by atoms with E-state index >= 15 is 0 Å². The van der Waals surface area contributed by atoms with E-state index < -0.39 is 11.9 Å². The summed E-state index contributed by atoms with van der Waals surface area (Å²) in [5.74, 6) is 0.0553. The highest BCUT2D eigenvalue weighted by atomic mass is 16.2. The molecular formula is C27H38N8O3. The molecule has 1 saturated carbocycles. The number of pyridine rings is 1. The number of likely N-dealkylation sites (N-methyl/N-ethyl adjacent to an activating group) is 2. The van der Waals surface area contributed by atoms with Crippen LogP contribution in [0.5, 0.6) is 0 Å². The second-order valence-corrected chi connectivity index (χ2v) is 9.75. The molecule has 2 heterocycles. The zero-order valence-electron chi connectivity index (χ0n) is 22.8. The van der Waals surface area contributed by atoms with E-state index in [0.717, 1.165) is 29.8 Å². The molecule has 0 spiro atoms. The number of amides is 3. The van der Waals surface area contributed by atoms with Crippen LogP contribution in [0.25, 0.3) is 0 Å². The molecule has 1 atom stereocenters. The number of rotatable bonds is 13. The molecule has 0 aromatic carbocycles. The second kappa shape index (κ2) is 13.1. The topological polar surface area (TPSA) is 146 Å². The summed E-state index contributed by atoms with van der Waals surface area (Å²) in [4.78, 5) is 53.9. The van der Waals surface area contributed by atoms with Crippen LogP contribution in [0.3, 0.4) is 0 Å². The average molecular weight is 523 g/mol. The summed E-state index contributed by atoms with van der Waals surface area (Å²) in [5.41, 5.74) is 8.31. The molecule has 1 fully saturated rings. The first-order chi connectivity index (χ1) is 18.1. The molecule has 11 heteroatoms. The molecule has 0 aliphatic heterocycles. The molecular weight excluding hydrogens is 484 g/mol. The maximum atomic E-state index is 12.6. The Morgan fingerprint density at radius 3 is 2.58 bits per heavy atom. The Hall–Kier alpha value is -3.86. The minimum absolute atomic E-state index is 0.0925. The molecule has 0 saturated heterocycles. The largest absolute Gasteiger partial charge is 0.364 e. The van der Waals surface area contributed by atoms with Gasteiger partial charge in [0.25, 0.3) is 5.91 Å². The van der Waals surface area contributed by atoms with Crippen LogP contribution < -0.4 is 16.4 Å². The Kier molecular flexibility index (Phi) is 9.89. The Balaban J connectivity index is 1.60. The molecule has 2 aromatic heterocycles. The second-order valence-electron chi connectivity index (χ2n) is 9.75. The molecule has 1 aliphatic carbocycles. The summed E-state index contributed by atoms with van der Waals surface area (Å²) in [7, 11) is 5.44. The number of hydrogen-bond acceptors (Lipinski definition) is 8. The van der Waals surface area contributed by atoms with Crippen molar-refractivity contribution in [3.8, 4) is 0 Å². The lowest BCUT2D eigenvalue weighted by atomic mass is 10.1. The molecule has 3 amide bonds. The lowest BCUT2D eigenvalue weighted by Gasteiger charge is -2.23. The van der Waals surface area contributed by atoms with Gasteiger partial charge < -0.3 is 26.2 Å². The van der Waals surface area contributed by atoms with Crippen molar-refractivity contribution in [2.24, 2.45) is 5.73 Å². The van der Waals surface area contributed by atoms with Crippen molar-refractivity contribution in [2.45, 2.75) is 51.5 Å². The van der Waals surface area contributed by atoms with E-state index in [1.807, 2.05) is 38.1 Å². The molecule has 38 heavy (non-hydrogen) atoms. The number of carbonyl (C=O) groups is 3. The minimum atomic E-state index is -0.651. The Bertz CT molecular complexity index is 1190. The fraction of sp³-hybridized carbons (Fsp3) is 0.481. The summed E-state index contributed by atoms with van der Waals surface area (Å²) in [6, 6.07) is 3.07. The molecule has 204 valence electrons. The number of primary amides is 1. The fourth-order valence-corrected chi connectivity index (χ4v) is 3.83. The predicted octanol–water partition coefficient (Wildman–Crippen LogP) is 1.78. The minimum Gasteiger partial charge on any atom is -0.364 e. The Morgan fingerprint density at radius 2 is 1.95 bits per heavy atom. The summed E-state index contributed by atoms with van der Waals surface area (Å²) in [5, 5.41) is 5.99. The molecule has 0 radical (unpaired) electrons. The normalized spacial score (nSPS) is 13.9. The van der Waals surface area contributed by atoms with Gasteiger partial charge in [0, 0.05) is 38.3 Å². The third-order valence-electron chi connectivity index (χ3n) is 6.35. The Labute approximate surface area is 223 Å². The van der Waals surface area contributed by atoms with Crippen LogP contribution in [0.4, 0.5) is 11.6 Å². The quantitative estimate of drug-likeness (QED) is 0.337. The number of nitrogens with one attached hydrogen (secondary N) is 2. The summed E-state index contributed by atoms with van der Waals surface area (Å²) in [6.45, 7) is 4.70. The number of hydrogen-bond donors (Lipinski definition) is 3. The van der Waals surface area contributed by atoms with Gasteiger partial charge in [0.15, 0.2) is 11.5 Å². The number of aromatic nitrogens is 3. The lowest BCUT2D eigenvalue weighted by molar-refractivity contribution is -0.135. The highest BCUT2D eigenvalue weighted by molar-refractivity contribution is 5.96. The fourth-order valence-electron chi connectivity index (χ4n) is 3.83. The van der Waals surface area contributed by atoms with Crippen molar-refractivity contribution in [3.05, 3.63) is 53.1 Å². The summed E-state index contributed by atoms with van der Waals surface area (Å²) >= 11 is 0. The van der Waals surface area contributed by atoms with Gasteiger partial charge in [0.2, 0.25) is 11.8 Å². The van der Waals surface area contributed by atoms with E-state index in [2.05, 4.69) is 20.6 Å². The monoisotopic (exact) mass is 522 g/mol. The van der Waals surface area contributed by atoms with Gasteiger partial charge in [-0.2, -0.15) is 0 Å². The molecule has 4 N–H and O–H groups in total. The van der Waals surface area contributed by atoms with Crippen LogP contribution in [0.15, 0.2) is 30.5 Å². The van der Waals surface area contributed by atoms with Crippen molar-refractivity contribution in [2.75, 3.05) is 39.5 Å². The van der Waals surface area contributed by atoms with Gasteiger partial charge in [-0.25, -0.2) is 15.0 Å². The van der Waals surface area contributed by atoms with Crippen molar-refractivity contribution in [1.82, 2.24) is 30.1 Å². The average Bonchev–Trinajstić information content (AvgIpc) is 3.73. The number of aryl methyl sites for hydroxylation is 1. The maximum absolute atomic E-state index is 12.6. The van der Waals surface area contributed by atoms with E-state index in [4.69, 9.17) is 10.7 Å². The van der Waals surface area contributed by atoms with Crippen LogP contribution in [0.1, 0.15) is 60.0 Å². The van der Waals surface area contributed by atoms with Gasteiger partial charge >= 0.3 is 0 Å². The van der Waals surface area contributed by atoms with Crippen LogP contribution in [0, 0.1) is 0 Å². The van der Waals surface area contributed by atoms with E-state index in [0.29, 0.717) is 43.5 Å². The van der Waals surface area contributed by atoms with Crippen molar-refractivity contribution < 1.29 is 14.4 Å². The number of carbonyl (C=O) groups excluding carboxylic acids is 3. The zero-order chi connectivity index (χ0) is 27.8. The molecule has 2 aromatic rings. The molecule has 3 rings (SSSR count). The predicted molar refractivity (Wildman–Crippen MR) is 146 cm³/mol. The summed E-state index contributed by atoms with van der Waals surface area (Å²) in [6.07, 6.45) is 8.24. The highest BCUT2D eigenvalue weighted by Crippen LogP contribution is 2.41. The van der Waals surface area contributed by atoms with Crippen molar-refractivity contribution in [3.63, 3.8) is 0 Å².